The fraction of sp³-hybridized carbons (Fsp3) is 0.300. The van der Waals surface area contributed by atoms with Crippen LogP contribution in [0.5, 0.6) is 0 Å². The van der Waals surface area contributed by atoms with Crippen LogP contribution in [-0.2, 0) is 6.42 Å². The third kappa shape index (κ3) is 2.21. The lowest BCUT2D eigenvalue weighted by atomic mass is 10.1. The van der Waals surface area contributed by atoms with E-state index in [2.05, 4.69) is 5.32 Å². The molecular formula is C10H13NO2. The van der Waals surface area contributed by atoms with E-state index in [0.29, 0.717) is 0 Å². The van der Waals surface area contributed by atoms with Gasteiger partial charge in [-0.15, -0.1) is 0 Å². The van der Waals surface area contributed by atoms with Crippen LogP contribution in [0.2, 0.25) is 0 Å². The van der Waals surface area contributed by atoms with Crippen molar-refractivity contribution >= 4 is 11.8 Å². The maximum absolute atomic E-state index is 10.5. The van der Waals surface area contributed by atoms with Gasteiger partial charge in [0.1, 0.15) is 0 Å². The molecule has 0 atom stereocenters. The summed E-state index contributed by atoms with van der Waals surface area (Å²) in [6.45, 7) is 3.90. The maximum atomic E-state index is 10.5. The number of rotatable bonds is 2. The molecule has 3 nitrogen and oxygen atoms in total. The molecule has 0 aromatic heterocycles. The SMILES string of the molecule is CCc1cccc(C)c1NC(=O)O. The Labute approximate surface area is 77.4 Å². The molecule has 0 saturated heterocycles. The van der Waals surface area contributed by atoms with Crippen molar-refractivity contribution in [3.05, 3.63) is 29.3 Å². The topological polar surface area (TPSA) is 49.3 Å². The van der Waals surface area contributed by atoms with Crippen LogP contribution in [0.15, 0.2) is 18.2 Å². The second kappa shape index (κ2) is 3.94. The Kier molecular flexibility index (Phi) is 2.90. The second-order valence-electron chi connectivity index (χ2n) is 2.89. The molecular weight excluding hydrogens is 166 g/mol. The average Bonchev–Trinajstić information content (AvgIpc) is 2.08. The Morgan fingerprint density at radius 1 is 1.54 bits per heavy atom. The third-order valence-electron chi connectivity index (χ3n) is 1.97. The van der Waals surface area contributed by atoms with Crippen LogP contribution in [0.3, 0.4) is 0 Å². The molecule has 0 fully saturated rings. The highest BCUT2D eigenvalue weighted by Crippen LogP contribution is 2.20. The van der Waals surface area contributed by atoms with Crippen LogP contribution in [0.25, 0.3) is 0 Å². The molecule has 13 heavy (non-hydrogen) atoms. The molecule has 0 aliphatic carbocycles. The summed E-state index contributed by atoms with van der Waals surface area (Å²) in [5.74, 6) is 0. The molecule has 0 aliphatic heterocycles. The van der Waals surface area contributed by atoms with Crippen LogP contribution in [0, 0.1) is 6.92 Å². The van der Waals surface area contributed by atoms with E-state index in [1.54, 1.807) is 0 Å². The maximum Gasteiger partial charge on any atom is 0.409 e. The van der Waals surface area contributed by atoms with Gasteiger partial charge >= 0.3 is 6.09 Å². The van der Waals surface area contributed by atoms with Crippen molar-refractivity contribution in [2.24, 2.45) is 0 Å². The molecule has 0 radical (unpaired) electrons. The number of hydrogen-bond donors (Lipinski definition) is 2. The van der Waals surface area contributed by atoms with Crippen molar-refractivity contribution in [3.8, 4) is 0 Å². The summed E-state index contributed by atoms with van der Waals surface area (Å²) in [4.78, 5) is 10.5. The van der Waals surface area contributed by atoms with Gasteiger partial charge in [0.15, 0.2) is 0 Å². The van der Waals surface area contributed by atoms with Crippen LogP contribution in [0.1, 0.15) is 18.1 Å². The summed E-state index contributed by atoms with van der Waals surface area (Å²) in [7, 11) is 0. The van der Waals surface area contributed by atoms with E-state index in [1.165, 1.54) is 0 Å². The molecule has 1 aromatic rings. The van der Waals surface area contributed by atoms with Crippen molar-refractivity contribution in [1.82, 2.24) is 0 Å². The van der Waals surface area contributed by atoms with E-state index in [-0.39, 0.29) is 0 Å². The molecule has 1 aromatic carbocycles. The van der Waals surface area contributed by atoms with Crippen molar-refractivity contribution in [3.63, 3.8) is 0 Å². The number of hydrogen-bond acceptors (Lipinski definition) is 1. The molecule has 2 N–H and O–H groups in total. The van der Waals surface area contributed by atoms with Gasteiger partial charge in [0.05, 0.1) is 5.69 Å². The van der Waals surface area contributed by atoms with E-state index in [9.17, 15) is 4.79 Å². The zero-order chi connectivity index (χ0) is 9.84. The van der Waals surface area contributed by atoms with Gasteiger partial charge in [-0.25, -0.2) is 4.79 Å². The standard InChI is InChI=1S/C10H13NO2/c1-3-8-6-4-5-7(2)9(8)11-10(12)13/h4-6,11H,3H2,1-2H3,(H,12,13). The summed E-state index contributed by atoms with van der Waals surface area (Å²) in [6, 6.07) is 5.75. The van der Waals surface area contributed by atoms with E-state index in [4.69, 9.17) is 5.11 Å². The van der Waals surface area contributed by atoms with Crippen LogP contribution in [-0.4, -0.2) is 11.2 Å². The summed E-state index contributed by atoms with van der Waals surface area (Å²) < 4.78 is 0. The first-order valence-electron chi connectivity index (χ1n) is 4.23. The average molecular weight is 179 g/mol. The van der Waals surface area contributed by atoms with Crippen molar-refractivity contribution in [1.29, 1.82) is 0 Å². The number of para-hydroxylation sites is 1. The Hall–Kier alpha value is -1.51. The molecule has 70 valence electrons. The smallest absolute Gasteiger partial charge is 0.409 e. The van der Waals surface area contributed by atoms with E-state index < -0.39 is 6.09 Å². The highest BCUT2D eigenvalue weighted by Gasteiger charge is 2.05. The summed E-state index contributed by atoms with van der Waals surface area (Å²) in [5, 5.41) is 11.0. The number of carboxylic acid groups (broad SMARTS) is 1. The number of aryl methyl sites for hydroxylation is 2. The van der Waals surface area contributed by atoms with Gasteiger partial charge < -0.3 is 5.11 Å². The van der Waals surface area contributed by atoms with Gasteiger partial charge in [0.25, 0.3) is 0 Å². The Morgan fingerprint density at radius 3 is 2.77 bits per heavy atom. The predicted molar refractivity (Wildman–Crippen MR) is 52.2 cm³/mol. The molecule has 1 rings (SSSR count). The van der Waals surface area contributed by atoms with Gasteiger partial charge in [-0.1, -0.05) is 25.1 Å². The van der Waals surface area contributed by atoms with Gasteiger partial charge in [-0.3, -0.25) is 5.32 Å². The minimum Gasteiger partial charge on any atom is -0.465 e. The Morgan fingerprint density at radius 2 is 2.23 bits per heavy atom. The highest BCUT2D eigenvalue weighted by molar-refractivity contribution is 5.85. The van der Waals surface area contributed by atoms with Crippen molar-refractivity contribution in [2.75, 3.05) is 5.32 Å². The Bertz CT molecular complexity index is 321. The number of nitrogens with one attached hydrogen (secondary N) is 1. The lowest BCUT2D eigenvalue weighted by molar-refractivity contribution is 0.209. The van der Waals surface area contributed by atoms with Crippen LogP contribution < -0.4 is 5.32 Å². The van der Waals surface area contributed by atoms with E-state index in [0.717, 1.165) is 23.2 Å². The van der Waals surface area contributed by atoms with Crippen molar-refractivity contribution < 1.29 is 9.90 Å². The van der Waals surface area contributed by atoms with Crippen LogP contribution >= 0.6 is 0 Å². The molecule has 3 heteroatoms. The van der Waals surface area contributed by atoms with Gasteiger partial charge in [0.2, 0.25) is 0 Å². The lowest BCUT2D eigenvalue weighted by Gasteiger charge is -2.09. The Balaban J connectivity index is 3.07. The highest BCUT2D eigenvalue weighted by atomic mass is 16.4. The number of carbonyl (C=O) groups is 1. The monoisotopic (exact) mass is 179 g/mol. The molecule has 0 bridgehead atoms. The summed E-state index contributed by atoms with van der Waals surface area (Å²) >= 11 is 0. The third-order valence-corrected chi connectivity index (χ3v) is 1.97. The van der Waals surface area contributed by atoms with E-state index in [1.807, 2.05) is 32.0 Å². The zero-order valence-electron chi connectivity index (χ0n) is 7.79. The number of benzene rings is 1. The van der Waals surface area contributed by atoms with Crippen molar-refractivity contribution in [2.45, 2.75) is 20.3 Å². The first-order chi connectivity index (χ1) is 6.15. The van der Waals surface area contributed by atoms with Crippen LogP contribution in [0.4, 0.5) is 10.5 Å². The number of amides is 1. The fourth-order valence-corrected chi connectivity index (χ4v) is 1.31. The fourth-order valence-electron chi connectivity index (χ4n) is 1.31. The first kappa shape index (κ1) is 9.58. The number of anilines is 1. The molecule has 0 unspecified atom stereocenters. The minimum absolute atomic E-state index is 0.720. The minimum atomic E-state index is -1.01. The molecule has 0 spiro atoms. The molecule has 1 amide bonds. The second-order valence-corrected chi connectivity index (χ2v) is 2.89. The predicted octanol–water partition coefficient (Wildman–Crippen LogP) is 2.65. The van der Waals surface area contributed by atoms with Gasteiger partial charge in [-0.05, 0) is 24.5 Å². The van der Waals surface area contributed by atoms with Gasteiger partial charge in [0, 0.05) is 0 Å². The lowest BCUT2D eigenvalue weighted by Crippen LogP contribution is -2.10. The molecule has 0 saturated carbocycles. The zero-order valence-corrected chi connectivity index (χ0v) is 7.79. The normalized spacial score (nSPS) is 9.69. The summed E-state index contributed by atoms with van der Waals surface area (Å²) in [5.41, 5.74) is 2.71. The molecule has 0 aliphatic rings. The van der Waals surface area contributed by atoms with E-state index >= 15 is 0 Å². The quantitative estimate of drug-likeness (QED) is 0.733. The van der Waals surface area contributed by atoms with Gasteiger partial charge in [-0.2, -0.15) is 0 Å². The summed E-state index contributed by atoms with van der Waals surface area (Å²) in [6.07, 6.45) is -0.180. The first-order valence-corrected chi connectivity index (χ1v) is 4.23. The largest absolute Gasteiger partial charge is 0.465 e. The molecule has 0 heterocycles.